The molecule has 1 aliphatic rings. The lowest BCUT2D eigenvalue weighted by Crippen LogP contribution is -2.60. The van der Waals surface area contributed by atoms with E-state index in [9.17, 15) is 35.4 Å². The summed E-state index contributed by atoms with van der Waals surface area (Å²) in [7, 11) is 0. The fourth-order valence-electron chi connectivity index (χ4n) is 3.38. The molecular weight excluding hydrogens is 412 g/mol. The summed E-state index contributed by atoms with van der Waals surface area (Å²) in [6.45, 7) is -0.626. The summed E-state index contributed by atoms with van der Waals surface area (Å²) >= 11 is 0. The van der Waals surface area contributed by atoms with Crippen molar-refractivity contribution in [2.24, 2.45) is 0 Å². The molecule has 6 N–H and O–H groups in total. The van der Waals surface area contributed by atoms with E-state index in [1.165, 1.54) is 24.3 Å². The number of aromatic hydroxyl groups is 2. The largest absolute Gasteiger partial charge is 0.508 e. The average molecular weight is 432 g/mol. The van der Waals surface area contributed by atoms with Gasteiger partial charge in [-0.3, -0.25) is 4.79 Å². The molecule has 0 bridgehead atoms. The van der Waals surface area contributed by atoms with E-state index in [1.54, 1.807) is 12.1 Å². The van der Waals surface area contributed by atoms with Gasteiger partial charge in [0.15, 0.2) is 5.43 Å². The van der Waals surface area contributed by atoms with Crippen molar-refractivity contribution in [3.05, 3.63) is 52.7 Å². The van der Waals surface area contributed by atoms with Crippen molar-refractivity contribution in [1.82, 2.24) is 0 Å². The Balaban J connectivity index is 1.71. The van der Waals surface area contributed by atoms with Gasteiger partial charge in [0, 0.05) is 23.8 Å². The highest BCUT2D eigenvalue weighted by molar-refractivity contribution is 5.86. The average Bonchev–Trinajstić information content (AvgIpc) is 2.74. The zero-order valence-electron chi connectivity index (χ0n) is 16.0. The SMILES string of the molecule is O=c1cc(-c2ccc(O)cc2)oc2cc(O[C@@H]3O[C@@H](CO)[C@H](O)[C@H](O)[C@@H]3O)cc(O)c12. The number of hydrogen-bond acceptors (Lipinski definition) is 10. The van der Waals surface area contributed by atoms with Crippen LogP contribution in [0.4, 0.5) is 0 Å². The third kappa shape index (κ3) is 3.94. The van der Waals surface area contributed by atoms with Crippen LogP contribution in [0.1, 0.15) is 0 Å². The number of fused-ring (bicyclic) bond motifs is 1. The van der Waals surface area contributed by atoms with E-state index in [1.807, 2.05) is 0 Å². The second kappa shape index (κ2) is 8.17. The van der Waals surface area contributed by atoms with Gasteiger partial charge in [-0.05, 0) is 24.3 Å². The fraction of sp³-hybridized carbons (Fsp3) is 0.286. The molecule has 4 rings (SSSR count). The molecule has 10 nitrogen and oxygen atoms in total. The lowest BCUT2D eigenvalue weighted by atomic mass is 9.99. The predicted octanol–water partition coefficient (Wildman–Crippen LogP) is 0.0499. The maximum absolute atomic E-state index is 12.5. The van der Waals surface area contributed by atoms with Crippen molar-refractivity contribution < 1.29 is 44.5 Å². The first-order valence-corrected chi connectivity index (χ1v) is 9.36. The normalized spacial score (nSPS) is 26.1. The van der Waals surface area contributed by atoms with E-state index in [0.29, 0.717) is 5.56 Å². The van der Waals surface area contributed by atoms with Crippen LogP contribution in [-0.2, 0) is 4.74 Å². The van der Waals surface area contributed by atoms with Gasteiger partial charge in [-0.1, -0.05) is 0 Å². The number of rotatable bonds is 4. The van der Waals surface area contributed by atoms with Gasteiger partial charge in [-0.2, -0.15) is 0 Å². The highest BCUT2D eigenvalue weighted by Gasteiger charge is 2.44. The van der Waals surface area contributed by atoms with E-state index in [0.717, 1.165) is 6.07 Å². The lowest BCUT2D eigenvalue weighted by molar-refractivity contribution is -0.277. The molecule has 2 aromatic carbocycles. The summed E-state index contributed by atoms with van der Waals surface area (Å²) in [4.78, 5) is 12.5. The van der Waals surface area contributed by atoms with E-state index >= 15 is 0 Å². The minimum Gasteiger partial charge on any atom is -0.508 e. The van der Waals surface area contributed by atoms with Gasteiger partial charge in [0.25, 0.3) is 0 Å². The highest BCUT2D eigenvalue weighted by atomic mass is 16.7. The first-order valence-electron chi connectivity index (χ1n) is 9.36. The molecule has 5 atom stereocenters. The number of benzene rings is 2. The second-order valence-electron chi connectivity index (χ2n) is 7.15. The molecular formula is C21H20O10. The lowest BCUT2D eigenvalue weighted by Gasteiger charge is -2.39. The van der Waals surface area contributed by atoms with Crippen molar-refractivity contribution in [2.45, 2.75) is 30.7 Å². The van der Waals surface area contributed by atoms with Gasteiger partial charge in [-0.25, -0.2) is 0 Å². The quantitative estimate of drug-likeness (QED) is 0.331. The summed E-state index contributed by atoms with van der Waals surface area (Å²) in [5, 5.41) is 58.8. The third-order valence-corrected chi connectivity index (χ3v) is 5.04. The Hall–Kier alpha value is -3.15. The number of phenolic OH excluding ortho intramolecular Hbond substituents is 2. The Bertz CT molecular complexity index is 1140. The molecule has 0 aliphatic carbocycles. The zero-order chi connectivity index (χ0) is 22.3. The Labute approximate surface area is 174 Å². The Morgan fingerprint density at radius 2 is 1.65 bits per heavy atom. The standard InChI is InChI=1S/C21H20O10/c22-8-16-18(26)19(27)20(28)21(31-16)29-11-5-12(24)17-13(25)7-14(30-15(17)6-11)9-1-3-10(23)4-2-9/h1-7,16,18-24,26-28H,8H2/t16-,18-,19-,20-,21+/m0/s1. The number of phenols is 2. The van der Waals surface area contributed by atoms with E-state index in [4.69, 9.17) is 13.9 Å². The molecule has 0 amide bonds. The minimum absolute atomic E-state index is 0.0184. The van der Waals surface area contributed by atoms with E-state index in [-0.39, 0.29) is 28.2 Å². The van der Waals surface area contributed by atoms with Crippen molar-refractivity contribution in [3.63, 3.8) is 0 Å². The predicted molar refractivity (Wildman–Crippen MR) is 106 cm³/mol. The topological polar surface area (TPSA) is 170 Å². The maximum Gasteiger partial charge on any atom is 0.229 e. The molecule has 1 aromatic heterocycles. The van der Waals surface area contributed by atoms with E-state index in [2.05, 4.69) is 0 Å². The molecule has 0 unspecified atom stereocenters. The number of aliphatic hydroxyl groups excluding tert-OH is 4. The zero-order valence-corrected chi connectivity index (χ0v) is 16.0. The van der Waals surface area contributed by atoms with Crippen molar-refractivity contribution >= 4 is 11.0 Å². The molecule has 10 heteroatoms. The van der Waals surface area contributed by atoms with Gasteiger partial charge in [0.05, 0.1) is 6.61 Å². The number of hydrogen-bond donors (Lipinski definition) is 6. The molecule has 0 spiro atoms. The summed E-state index contributed by atoms with van der Waals surface area (Å²) < 4.78 is 16.5. The monoisotopic (exact) mass is 432 g/mol. The van der Waals surface area contributed by atoms with Crippen LogP contribution >= 0.6 is 0 Å². The first-order chi connectivity index (χ1) is 14.8. The minimum atomic E-state index is -1.65. The molecule has 1 fully saturated rings. The Kier molecular flexibility index (Phi) is 5.56. The summed E-state index contributed by atoms with van der Waals surface area (Å²) in [6.07, 6.45) is -7.47. The van der Waals surface area contributed by atoms with E-state index < -0.39 is 48.5 Å². The van der Waals surface area contributed by atoms with Crippen LogP contribution in [0.2, 0.25) is 0 Å². The smallest absolute Gasteiger partial charge is 0.229 e. The second-order valence-corrected chi connectivity index (χ2v) is 7.15. The maximum atomic E-state index is 12.5. The molecule has 1 aliphatic heterocycles. The van der Waals surface area contributed by atoms with Crippen LogP contribution in [-0.4, -0.2) is 68.0 Å². The summed E-state index contributed by atoms with van der Waals surface area (Å²) in [5.41, 5.74) is -0.0204. The molecule has 0 radical (unpaired) electrons. The van der Waals surface area contributed by atoms with Crippen molar-refractivity contribution in [1.29, 1.82) is 0 Å². The highest BCUT2D eigenvalue weighted by Crippen LogP contribution is 2.33. The van der Waals surface area contributed by atoms with Crippen LogP contribution in [0.3, 0.4) is 0 Å². The van der Waals surface area contributed by atoms with Gasteiger partial charge in [-0.15, -0.1) is 0 Å². The van der Waals surface area contributed by atoms with Crippen LogP contribution in [0.25, 0.3) is 22.3 Å². The van der Waals surface area contributed by atoms with Gasteiger partial charge in [0.2, 0.25) is 6.29 Å². The first kappa shape index (κ1) is 21.1. The molecule has 2 heterocycles. The van der Waals surface area contributed by atoms with Crippen LogP contribution in [0.5, 0.6) is 17.2 Å². The molecule has 3 aromatic rings. The third-order valence-electron chi connectivity index (χ3n) is 5.04. The van der Waals surface area contributed by atoms with Gasteiger partial charge in [0.1, 0.15) is 58.4 Å². The molecule has 0 saturated carbocycles. The Morgan fingerprint density at radius 1 is 0.935 bits per heavy atom. The molecule has 164 valence electrons. The van der Waals surface area contributed by atoms with Gasteiger partial charge >= 0.3 is 0 Å². The Morgan fingerprint density at radius 3 is 2.32 bits per heavy atom. The molecule has 1 saturated heterocycles. The molecule has 31 heavy (non-hydrogen) atoms. The summed E-state index contributed by atoms with van der Waals surface area (Å²) in [5.74, 6) is -0.273. The van der Waals surface area contributed by atoms with Crippen LogP contribution < -0.4 is 10.2 Å². The summed E-state index contributed by atoms with van der Waals surface area (Å²) in [6, 6.07) is 9.56. The fourth-order valence-corrected chi connectivity index (χ4v) is 3.38. The van der Waals surface area contributed by atoms with Gasteiger partial charge < -0.3 is 44.5 Å². The van der Waals surface area contributed by atoms with Crippen LogP contribution in [0, 0.1) is 0 Å². The van der Waals surface area contributed by atoms with Crippen molar-refractivity contribution in [3.8, 4) is 28.6 Å². The number of aliphatic hydroxyl groups is 4. The van der Waals surface area contributed by atoms with Crippen molar-refractivity contribution in [2.75, 3.05) is 6.61 Å². The number of ether oxygens (including phenoxy) is 2. The van der Waals surface area contributed by atoms with Crippen LogP contribution in [0.15, 0.2) is 51.7 Å².